The highest BCUT2D eigenvalue weighted by Crippen LogP contribution is 2.18. The predicted molar refractivity (Wildman–Crippen MR) is 97.3 cm³/mol. The van der Waals surface area contributed by atoms with Gasteiger partial charge >= 0.3 is 0 Å². The Balaban J connectivity index is 2.24. The van der Waals surface area contributed by atoms with Gasteiger partial charge in [0.2, 0.25) is 0 Å². The Morgan fingerprint density at radius 2 is 1.91 bits per heavy atom. The number of carbonyl (C=O) groups is 1. The van der Waals surface area contributed by atoms with E-state index in [9.17, 15) is 10.1 Å². The van der Waals surface area contributed by atoms with Gasteiger partial charge in [-0.3, -0.25) is 4.79 Å². The zero-order chi connectivity index (χ0) is 16.1. The summed E-state index contributed by atoms with van der Waals surface area (Å²) in [7, 11) is 0. The molecule has 0 spiro atoms. The molecule has 110 valence electrons. The standard InChI is InChI=1S/C18H15IN2O/c1-12-7-8-16(9-13(12)2)21-18(22)15(11-20)10-14-5-3-4-6-17(14)19/h3-10H,1-2H3,(H,21,22)/b15-10-. The summed E-state index contributed by atoms with van der Waals surface area (Å²) in [6, 6.07) is 15.3. The van der Waals surface area contributed by atoms with Crippen LogP contribution in [0.25, 0.3) is 6.08 Å². The van der Waals surface area contributed by atoms with Crippen LogP contribution in [0.4, 0.5) is 5.69 Å². The Hall–Kier alpha value is -2.13. The molecule has 0 radical (unpaired) electrons. The van der Waals surface area contributed by atoms with Crippen molar-refractivity contribution in [3.05, 3.63) is 68.3 Å². The maximum Gasteiger partial charge on any atom is 0.266 e. The molecule has 0 bridgehead atoms. The van der Waals surface area contributed by atoms with E-state index in [0.717, 1.165) is 20.3 Å². The number of halogens is 1. The number of hydrogen-bond donors (Lipinski definition) is 1. The van der Waals surface area contributed by atoms with Gasteiger partial charge in [-0.05, 0) is 77.4 Å². The molecule has 0 heterocycles. The first-order valence-electron chi connectivity index (χ1n) is 6.76. The molecule has 2 aromatic carbocycles. The second-order valence-electron chi connectivity index (χ2n) is 4.94. The monoisotopic (exact) mass is 402 g/mol. The quantitative estimate of drug-likeness (QED) is 0.469. The maximum absolute atomic E-state index is 12.3. The Kier molecular flexibility index (Phi) is 5.34. The van der Waals surface area contributed by atoms with E-state index in [0.29, 0.717) is 5.69 Å². The van der Waals surface area contributed by atoms with Crippen LogP contribution in [0.3, 0.4) is 0 Å². The van der Waals surface area contributed by atoms with Crippen LogP contribution in [-0.4, -0.2) is 5.91 Å². The number of nitriles is 1. The Bertz CT molecular complexity index is 788. The van der Waals surface area contributed by atoms with E-state index in [1.165, 1.54) is 0 Å². The molecule has 2 rings (SSSR count). The van der Waals surface area contributed by atoms with Gasteiger partial charge in [-0.2, -0.15) is 5.26 Å². The molecule has 0 unspecified atom stereocenters. The van der Waals surface area contributed by atoms with Gasteiger partial charge in [0.05, 0.1) is 0 Å². The van der Waals surface area contributed by atoms with Gasteiger partial charge in [0.25, 0.3) is 5.91 Å². The van der Waals surface area contributed by atoms with Crippen LogP contribution < -0.4 is 5.32 Å². The third-order valence-electron chi connectivity index (χ3n) is 3.33. The summed E-state index contributed by atoms with van der Waals surface area (Å²) in [4.78, 5) is 12.3. The van der Waals surface area contributed by atoms with Gasteiger partial charge in [0.15, 0.2) is 0 Å². The molecule has 0 aliphatic carbocycles. The molecule has 0 aromatic heterocycles. The van der Waals surface area contributed by atoms with E-state index in [1.807, 2.05) is 62.4 Å². The highest BCUT2D eigenvalue weighted by molar-refractivity contribution is 14.1. The molecule has 0 saturated heterocycles. The second-order valence-corrected chi connectivity index (χ2v) is 6.11. The van der Waals surface area contributed by atoms with Crippen LogP contribution in [0, 0.1) is 28.7 Å². The third kappa shape index (κ3) is 3.95. The molecular formula is C18H15IN2O. The molecular weight excluding hydrogens is 387 g/mol. The molecule has 0 fully saturated rings. The number of aryl methyl sites for hydroxylation is 2. The van der Waals surface area contributed by atoms with Gasteiger partial charge in [0.1, 0.15) is 11.6 Å². The van der Waals surface area contributed by atoms with Crippen molar-refractivity contribution in [3.63, 3.8) is 0 Å². The van der Waals surface area contributed by atoms with E-state index >= 15 is 0 Å². The summed E-state index contributed by atoms with van der Waals surface area (Å²) < 4.78 is 0.992. The summed E-state index contributed by atoms with van der Waals surface area (Å²) in [6.07, 6.45) is 1.61. The molecule has 22 heavy (non-hydrogen) atoms. The summed E-state index contributed by atoms with van der Waals surface area (Å²) in [6.45, 7) is 4.00. The average Bonchev–Trinajstić information content (AvgIpc) is 2.50. The SMILES string of the molecule is Cc1ccc(NC(=O)/C(C#N)=C\c2ccccc2I)cc1C. The fraction of sp³-hybridized carbons (Fsp3) is 0.111. The molecule has 0 aliphatic heterocycles. The molecule has 3 nitrogen and oxygen atoms in total. The summed E-state index contributed by atoms with van der Waals surface area (Å²) in [5.74, 6) is -0.398. The number of amides is 1. The van der Waals surface area contributed by atoms with Crippen molar-refractivity contribution in [2.24, 2.45) is 0 Å². The van der Waals surface area contributed by atoms with Gasteiger partial charge < -0.3 is 5.32 Å². The molecule has 0 saturated carbocycles. The smallest absolute Gasteiger partial charge is 0.266 e. The number of rotatable bonds is 3. The Labute approximate surface area is 143 Å². The molecule has 1 N–H and O–H groups in total. The minimum atomic E-state index is -0.398. The Morgan fingerprint density at radius 1 is 1.18 bits per heavy atom. The minimum Gasteiger partial charge on any atom is -0.321 e. The summed E-state index contributed by atoms with van der Waals surface area (Å²) in [5.41, 5.74) is 3.89. The van der Waals surface area contributed by atoms with E-state index in [2.05, 4.69) is 27.9 Å². The summed E-state index contributed by atoms with van der Waals surface area (Å²) in [5, 5.41) is 12.0. The number of carbonyl (C=O) groups excluding carboxylic acids is 1. The lowest BCUT2D eigenvalue weighted by Gasteiger charge is -2.07. The van der Waals surface area contributed by atoms with Crippen LogP contribution in [0.5, 0.6) is 0 Å². The third-order valence-corrected chi connectivity index (χ3v) is 4.32. The topological polar surface area (TPSA) is 52.9 Å². The zero-order valence-electron chi connectivity index (χ0n) is 12.4. The fourth-order valence-corrected chi connectivity index (χ4v) is 2.46. The minimum absolute atomic E-state index is 0.0855. The van der Waals surface area contributed by atoms with E-state index in [4.69, 9.17) is 0 Å². The van der Waals surface area contributed by atoms with Gasteiger partial charge in [0, 0.05) is 9.26 Å². The molecule has 0 aliphatic rings. The number of hydrogen-bond acceptors (Lipinski definition) is 2. The van der Waals surface area contributed by atoms with E-state index in [1.54, 1.807) is 6.08 Å². The van der Waals surface area contributed by atoms with Crippen molar-refractivity contribution in [1.82, 2.24) is 0 Å². The first-order chi connectivity index (χ1) is 10.5. The van der Waals surface area contributed by atoms with E-state index in [-0.39, 0.29) is 5.57 Å². The summed E-state index contributed by atoms with van der Waals surface area (Å²) >= 11 is 2.18. The zero-order valence-corrected chi connectivity index (χ0v) is 14.5. The molecule has 4 heteroatoms. The Morgan fingerprint density at radius 3 is 2.55 bits per heavy atom. The van der Waals surface area contributed by atoms with Gasteiger partial charge in [-0.15, -0.1) is 0 Å². The number of nitrogens with one attached hydrogen (secondary N) is 1. The molecule has 2 aromatic rings. The lowest BCUT2D eigenvalue weighted by atomic mass is 10.1. The van der Waals surface area contributed by atoms with Crippen molar-refractivity contribution in [2.75, 3.05) is 5.32 Å². The highest BCUT2D eigenvalue weighted by atomic mass is 127. The first-order valence-corrected chi connectivity index (χ1v) is 7.84. The van der Waals surface area contributed by atoms with Crippen molar-refractivity contribution < 1.29 is 4.79 Å². The van der Waals surface area contributed by atoms with Gasteiger partial charge in [-0.25, -0.2) is 0 Å². The maximum atomic E-state index is 12.3. The van der Waals surface area contributed by atoms with Crippen LogP contribution in [0.2, 0.25) is 0 Å². The van der Waals surface area contributed by atoms with Crippen LogP contribution >= 0.6 is 22.6 Å². The normalized spacial score (nSPS) is 10.9. The number of benzene rings is 2. The molecule has 1 amide bonds. The fourth-order valence-electron chi connectivity index (χ4n) is 1.91. The van der Waals surface area contributed by atoms with Crippen LogP contribution in [0.1, 0.15) is 16.7 Å². The van der Waals surface area contributed by atoms with Crippen LogP contribution in [0.15, 0.2) is 48.0 Å². The second kappa shape index (κ2) is 7.23. The lowest BCUT2D eigenvalue weighted by Crippen LogP contribution is -2.13. The van der Waals surface area contributed by atoms with Crippen molar-refractivity contribution in [1.29, 1.82) is 5.26 Å². The van der Waals surface area contributed by atoms with E-state index < -0.39 is 5.91 Å². The average molecular weight is 402 g/mol. The van der Waals surface area contributed by atoms with Gasteiger partial charge in [-0.1, -0.05) is 24.3 Å². The lowest BCUT2D eigenvalue weighted by molar-refractivity contribution is -0.112. The first kappa shape index (κ1) is 16.2. The number of anilines is 1. The van der Waals surface area contributed by atoms with Crippen molar-refractivity contribution >= 4 is 40.3 Å². The van der Waals surface area contributed by atoms with Crippen LogP contribution in [-0.2, 0) is 4.79 Å². The highest BCUT2D eigenvalue weighted by Gasteiger charge is 2.10. The largest absolute Gasteiger partial charge is 0.321 e. The van der Waals surface area contributed by atoms with Crippen molar-refractivity contribution in [2.45, 2.75) is 13.8 Å². The number of nitrogens with zero attached hydrogens (tertiary/aromatic N) is 1. The molecule has 0 atom stereocenters. The van der Waals surface area contributed by atoms with Crippen molar-refractivity contribution in [3.8, 4) is 6.07 Å². The predicted octanol–water partition coefficient (Wildman–Crippen LogP) is 4.45.